The van der Waals surface area contributed by atoms with Gasteiger partial charge in [-0.25, -0.2) is 0 Å². The number of nitrogens with one attached hydrogen (secondary N) is 2. The highest BCUT2D eigenvalue weighted by Gasteiger charge is 2.25. The second kappa shape index (κ2) is 9.05. The first-order chi connectivity index (χ1) is 15.4. The summed E-state index contributed by atoms with van der Waals surface area (Å²) in [6.07, 6.45) is 4.13. The molecule has 1 aromatic heterocycles. The minimum absolute atomic E-state index is 0.0661. The van der Waals surface area contributed by atoms with Gasteiger partial charge in [0, 0.05) is 22.6 Å². The van der Waals surface area contributed by atoms with Gasteiger partial charge in [-0.1, -0.05) is 24.3 Å². The third-order valence-electron chi connectivity index (χ3n) is 6.16. The predicted molar refractivity (Wildman–Crippen MR) is 132 cm³/mol. The molecule has 166 valence electrons. The fraction of sp³-hybridized carbons (Fsp3) is 0.296. The van der Waals surface area contributed by atoms with Crippen molar-refractivity contribution in [3.05, 3.63) is 70.5 Å². The molecule has 0 spiro atoms. The second-order valence-corrected chi connectivity index (χ2v) is 8.68. The number of aromatic amines is 1. The van der Waals surface area contributed by atoms with E-state index in [0.717, 1.165) is 53.2 Å². The van der Waals surface area contributed by atoms with E-state index < -0.39 is 0 Å². The third kappa shape index (κ3) is 4.34. The maximum Gasteiger partial charge on any atom is 0.256 e. The van der Waals surface area contributed by atoms with Gasteiger partial charge in [0.2, 0.25) is 0 Å². The molecule has 2 heterocycles. The highest BCUT2D eigenvalue weighted by Crippen LogP contribution is 2.37. The van der Waals surface area contributed by atoms with Crippen molar-refractivity contribution in [2.24, 2.45) is 0 Å². The summed E-state index contributed by atoms with van der Waals surface area (Å²) in [5.74, 6) is 0.746. The standard InChI is InChI=1S/C27H31N3O2/c1-17-22(10-7-13-30(3)4)18(2)28-25(17)16-24-23-12-11-20(15-26(23)29-27(24)31)19-8-6-9-21(14-19)32-5/h6,8-9,11-12,14-16,28H,7,10,13H2,1-5H3,(H,29,31)/b24-16-. The molecule has 0 unspecified atom stereocenters. The van der Waals surface area contributed by atoms with Gasteiger partial charge in [-0.05, 0) is 93.9 Å². The highest BCUT2D eigenvalue weighted by molar-refractivity contribution is 6.35. The molecule has 0 saturated carbocycles. The average Bonchev–Trinajstić information content (AvgIpc) is 3.23. The molecule has 0 saturated heterocycles. The van der Waals surface area contributed by atoms with Gasteiger partial charge >= 0.3 is 0 Å². The predicted octanol–water partition coefficient (Wildman–Crippen LogP) is 5.29. The number of carbonyl (C=O) groups is 1. The summed E-state index contributed by atoms with van der Waals surface area (Å²) in [5, 5.41) is 3.04. The number of fused-ring (bicyclic) bond motifs is 1. The van der Waals surface area contributed by atoms with Crippen LogP contribution in [0.2, 0.25) is 0 Å². The largest absolute Gasteiger partial charge is 0.497 e. The van der Waals surface area contributed by atoms with Gasteiger partial charge in [-0.3, -0.25) is 4.79 Å². The number of benzene rings is 2. The number of ether oxygens (including phenoxy) is 1. The van der Waals surface area contributed by atoms with E-state index in [9.17, 15) is 4.79 Å². The molecule has 0 bridgehead atoms. The number of carbonyl (C=O) groups excluding carboxylic acids is 1. The molecule has 0 radical (unpaired) electrons. The number of anilines is 1. The van der Waals surface area contributed by atoms with Crippen LogP contribution in [-0.2, 0) is 11.2 Å². The number of amides is 1. The van der Waals surface area contributed by atoms with Crippen molar-refractivity contribution >= 4 is 23.2 Å². The van der Waals surface area contributed by atoms with Crippen LogP contribution in [0.1, 0.15) is 34.5 Å². The molecule has 4 rings (SSSR count). The Morgan fingerprint density at radius 2 is 1.84 bits per heavy atom. The summed E-state index contributed by atoms with van der Waals surface area (Å²) in [6.45, 7) is 5.31. The number of aryl methyl sites for hydroxylation is 1. The minimum atomic E-state index is -0.0661. The Morgan fingerprint density at radius 3 is 2.59 bits per heavy atom. The van der Waals surface area contributed by atoms with Crippen LogP contribution in [0.4, 0.5) is 5.69 Å². The second-order valence-electron chi connectivity index (χ2n) is 8.68. The van der Waals surface area contributed by atoms with Crippen LogP contribution in [0, 0.1) is 13.8 Å². The van der Waals surface area contributed by atoms with E-state index in [1.807, 2.05) is 42.5 Å². The lowest BCUT2D eigenvalue weighted by Crippen LogP contribution is -2.13. The van der Waals surface area contributed by atoms with Gasteiger partial charge < -0.3 is 19.9 Å². The van der Waals surface area contributed by atoms with Crippen molar-refractivity contribution in [1.29, 1.82) is 0 Å². The maximum absolute atomic E-state index is 12.8. The van der Waals surface area contributed by atoms with Crippen LogP contribution in [0.25, 0.3) is 22.8 Å². The van der Waals surface area contributed by atoms with Crippen molar-refractivity contribution in [3.63, 3.8) is 0 Å². The number of nitrogens with zero attached hydrogens (tertiary/aromatic N) is 1. The summed E-state index contributed by atoms with van der Waals surface area (Å²) >= 11 is 0. The molecule has 2 N–H and O–H groups in total. The van der Waals surface area contributed by atoms with E-state index in [2.05, 4.69) is 49.2 Å². The summed E-state index contributed by atoms with van der Waals surface area (Å²) in [6, 6.07) is 14.0. The van der Waals surface area contributed by atoms with Crippen molar-refractivity contribution in [2.75, 3.05) is 33.1 Å². The van der Waals surface area contributed by atoms with E-state index in [1.165, 1.54) is 16.8 Å². The summed E-state index contributed by atoms with van der Waals surface area (Å²) < 4.78 is 5.34. The number of methoxy groups -OCH3 is 1. The lowest BCUT2D eigenvalue weighted by molar-refractivity contribution is -0.110. The summed E-state index contributed by atoms with van der Waals surface area (Å²) in [5.41, 5.74) is 9.33. The molecular weight excluding hydrogens is 398 g/mol. The van der Waals surface area contributed by atoms with Gasteiger partial charge in [-0.15, -0.1) is 0 Å². The number of rotatable bonds is 7. The molecule has 0 fully saturated rings. The molecule has 1 amide bonds. The van der Waals surface area contributed by atoms with Gasteiger partial charge in [0.15, 0.2) is 0 Å². The quantitative estimate of drug-likeness (QED) is 0.502. The summed E-state index contributed by atoms with van der Waals surface area (Å²) in [4.78, 5) is 18.5. The summed E-state index contributed by atoms with van der Waals surface area (Å²) in [7, 11) is 5.86. The van der Waals surface area contributed by atoms with E-state index >= 15 is 0 Å². The first-order valence-corrected chi connectivity index (χ1v) is 11.0. The van der Waals surface area contributed by atoms with Gasteiger partial charge in [0.05, 0.1) is 12.7 Å². The Bertz CT molecular complexity index is 1190. The lowest BCUT2D eigenvalue weighted by atomic mass is 9.99. The van der Waals surface area contributed by atoms with Gasteiger partial charge in [-0.2, -0.15) is 0 Å². The van der Waals surface area contributed by atoms with E-state index in [0.29, 0.717) is 5.57 Å². The fourth-order valence-corrected chi connectivity index (χ4v) is 4.37. The van der Waals surface area contributed by atoms with Gasteiger partial charge in [0.25, 0.3) is 5.91 Å². The highest BCUT2D eigenvalue weighted by atomic mass is 16.5. The Morgan fingerprint density at radius 1 is 1.06 bits per heavy atom. The zero-order chi connectivity index (χ0) is 22.8. The minimum Gasteiger partial charge on any atom is -0.497 e. The topological polar surface area (TPSA) is 57.4 Å². The number of hydrogen-bond donors (Lipinski definition) is 2. The first-order valence-electron chi connectivity index (χ1n) is 11.0. The van der Waals surface area contributed by atoms with Crippen LogP contribution in [0.3, 0.4) is 0 Å². The zero-order valence-electron chi connectivity index (χ0n) is 19.5. The van der Waals surface area contributed by atoms with E-state index in [-0.39, 0.29) is 5.91 Å². The normalized spacial score (nSPS) is 14.2. The molecule has 2 aromatic carbocycles. The number of aromatic nitrogens is 1. The Labute approximate surface area is 190 Å². The fourth-order valence-electron chi connectivity index (χ4n) is 4.37. The molecule has 32 heavy (non-hydrogen) atoms. The number of H-pyrrole nitrogens is 1. The van der Waals surface area contributed by atoms with E-state index in [4.69, 9.17) is 4.74 Å². The van der Waals surface area contributed by atoms with Crippen LogP contribution >= 0.6 is 0 Å². The smallest absolute Gasteiger partial charge is 0.256 e. The molecular formula is C27H31N3O2. The molecule has 5 nitrogen and oxygen atoms in total. The number of hydrogen-bond acceptors (Lipinski definition) is 3. The SMILES string of the molecule is COc1cccc(-c2ccc3c(c2)NC(=O)/C3=C\c2[nH]c(C)c(CCCN(C)C)c2C)c1. The van der Waals surface area contributed by atoms with E-state index in [1.54, 1.807) is 7.11 Å². The lowest BCUT2D eigenvalue weighted by Gasteiger charge is -2.09. The molecule has 0 atom stereocenters. The molecule has 5 heteroatoms. The Balaban J connectivity index is 1.64. The average molecular weight is 430 g/mol. The van der Waals surface area contributed by atoms with Crippen LogP contribution in [0.15, 0.2) is 42.5 Å². The van der Waals surface area contributed by atoms with Gasteiger partial charge in [0.1, 0.15) is 5.75 Å². The maximum atomic E-state index is 12.8. The van der Waals surface area contributed by atoms with Crippen molar-refractivity contribution in [2.45, 2.75) is 26.7 Å². The zero-order valence-corrected chi connectivity index (χ0v) is 19.5. The van der Waals surface area contributed by atoms with Crippen molar-refractivity contribution in [1.82, 2.24) is 9.88 Å². The van der Waals surface area contributed by atoms with Crippen LogP contribution < -0.4 is 10.1 Å². The third-order valence-corrected chi connectivity index (χ3v) is 6.16. The van der Waals surface area contributed by atoms with Crippen molar-refractivity contribution in [3.8, 4) is 16.9 Å². The molecule has 3 aromatic rings. The molecule has 1 aliphatic heterocycles. The Kier molecular flexibility index (Phi) is 6.19. The molecule has 0 aliphatic carbocycles. The van der Waals surface area contributed by atoms with Crippen LogP contribution in [-0.4, -0.2) is 43.5 Å². The Hall–Kier alpha value is -3.31. The molecule has 1 aliphatic rings. The van der Waals surface area contributed by atoms with Crippen LogP contribution in [0.5, 0.6) is 5.75 Å². The first kappa shape index (κ1) is 21.9. The monoisotopic (exact) mass is 429 g/mol. The van der Waals surface area contributed by atoms with Crippen molar-refractivity contribution < 1.29 is 9.53 Å².